The molecule has 0 aromatic heterocycles. The summed E-state index contributed by atoms with van der Waals surface area (Å²) in [5.41, 5.74) is 0.473. The van der Waals surface area contributed by atoms with Crippen LogP contribution in [0.3, 0.4) is 0 Å². The van der Waals surface area contributed by atoms with Gasteiger partial charge in [-0.3, -0.25) is 0 Å². The van der Waals surface area contributed by atoms with Crippen molar-refractivity contribution in [2.75, 3.05) is 13.7 Å². The molecule has 0 saturated heterocycles. The highest BCUT2D eigenvalue weighted by molar-refractivity contribution is 5.41. The van der Waals surface area contributed by atoms with Crippen molar-refractivity contribution in [3.05, 3.63) is 23.8 Å². The predicted octanol–water partition coefficient (Wildman–Crippen LogP) is 2.43. The van der Waals surface area contributed by atoms with Crippen LogP contribution in [-0.2, 0) is 6.54 Å². The van der Waals surface area contributed by atoms with Crippen LogP contribution in [0, 0.1) is 5.92 Å². The standard InChI is InChI=1S/C16H25NO3/c1-12-5-7-16(19,8-6-12)11-17-10-13-3-4-14(18)15(9-13)20-2/h3-4,9,12,17-19H,5-8,10-11H2,1-2H3. The third kappa shape index (κ3) is 3.87. The average Bonchev–Trinajstić information content (AvgIpc) is 2.44. The second kappa shape index (κ2) is 6.46. The number of hydrogen-bond donors (Lipinski definition) is 3. The summed E-state index contributed by atoms with van der Waals surface area (Å²) in [7, 11) is 1.54. The summed E-state index contributed by atoms with van der Waals surface area (Å²) in [6.45, 7) is 3.52. The van der Waals surface area contributed by atoms with Crippen LogP contribution in [-0.4, -0.2) is 29.5 Å². The minimum Gasteiger partial charge on any atom is -0.504 e. The van der Waals surface area contributed by atoms with Gasteiger partial charge in [0.2, 0.25) is 0 Å². The molecular formula is C16H25NO3. The van der Waals surface area contributed by atoms with Crippen molar-refractivity contribution in [3.8, 4) is 11.5 Å². The smallest absolute Gasteiger partial charge is 0.160 e. The van der Waals surface area contributed by atoms with Crippen molar-refractivity contribution >= 4 is 0 Å². The number of hydrogen-bond acceptors (Lipinski definition) is 4. The zero-order valence-corrected chi connectivity index (χ0v) is 12.4. The fourth-order valence-corrected chi connectivity index (χ4v) is 2.75. The van der Waals surface area contributed by atoms with Crippen LogP contribution in [0.1, 0.15) is 38.2 Å². The van der Waals surface area contributed by atoms with Crippen molar-refractivity contribution in [1.29, 1.82) is 0 Å². The van der Waals surface area contributed by atoms with E-state index in [1.165, 1.54) is 7.11 Å². The Morgan fingerprint density at radius 1 is 1.35 bits per heavy atom. The zero-order chi connectivity index (χ0) is 14.6. The van der Waals surface area contributed by atoms with Gasteiger partial charge in [-0.1, -0.05) is 13.0 Å². The summed E-state index contributed by atoms with van der Waals surface area (Å²) < 4.78 is 5.09. The fraction of sp³-hybridized carbons (Fsp3) is 0.625. The minimum atomic E-state index is -0.562. The van der Waals surface area contributed by atoms with Crippen LogP contribution in [0.15, 0.2) is 18.2 Å². The molecule has 1 aliphatic rings. The van der Waals surface area contributed by atoms with E-state index in [0.717, 1.165) is 37.2 Å². The summed E-state index contributed by atoms with van der Waals surface area (Å²) in [5, 5.41) is 23.3. The number of methoxy groups -OCH3 is 1. The van der Waals surface area contributed by atoms with Gasteiger partial charge >= 0.3 is 0 Å². The number of rotatable bonds is 5. The van der Waals surface area contributed by atoms with Crippen LogP contribution in [0.5, 0.6) is 11.5 Å². The van der Waals surface area contributed by atoms with E-state index in [9.17, 15) is 10.2 Å². The normalized spacial score (nSPS) is 26.4. The molecule has 0 unspecified atom stereocenters. The van der Waals surface area contributed by atoms with E-state index in [1.54, 1.807) is 6.07 Å². The first-order chi connectivity index (χ1) is 9.52. The number of ether oxygens (including phenoxy) is 1. The molecule has 2 rings (SSSR count). The number of aliphatic hydroxyl groups is 1. The second-order valence-electron chi connectivity index (χ2n) is 6.02. The molecule has 1 aromatic rings. The van der Waals surface area contributed by atoms with E-state index in [2.05, 4.69) is 12.2 Å². The topological polar surface area (TPSA) is 61.7 Å². The van der Waals surface area contributed by atoms with Crippen molar-refractivity contribution in [2.45, 2.75) is 44.8 Å². The zero-order valence-electron chi connectivity index (χ0n) is 12.4. The molecule has 20 heavy (non-hydrogen) atoms. The summed E-state index contributed by atoms with van der Waals surface area (Å²) in [4.78, 5) is 0. The Hall–Kier alpha value is -1.26. The van der Waals surface area contributed by atoms with Gasteiger partial charge in [-0.25, -0.2) is 0 Å². The molecule has 112 valence electrons. The molecule has 0 heterocycles. The Morgan fingerprint density at radius 3 is 2.70 bits per heavy atom. The second-order valence-corrected chi connectivity index (χ2v) is 6.02. The van der Waals surface area contributed by atoms with Gasteiger partial charge in [-0.15, -0.1) is 0 Å². The van der Waals surface area contributed by atoms with Crippen molar-refractivity contribution in [3.63, 3.8) is 0 Å². The summed E-state index contributed by atoms with van der Waals surface area (Å²) in [6, 6.07) is 5.31. The largest absolute Gasteiger partial charge is 0.504 e. The molecule has 4 nitrogen and oxygen atoms in total. The van der Waals surface area contributed by atoms with Gasteiger partial charge in [0.05, 0.1) is 12.7 Å². The van der Waals surface area contributed by atoms with Gasteiger partial charge < -0.3 is 20.3 Å². The first kappa shape index (κ1) is 15.1. The number of aromatic hydroxyl groups is 1. The Balaban J connectivity index is 1.83. The number of benzene rings is 1. The maximum Gasteiger partial charge on any atom is 0.160 e. The van der Waals surface area contributed by atoms with Gasteiger partial charge in [-0.05, 0) is 49.3 Å². The van der Waals surface area contributed by atoms with Crippen LogP contribution in [0.4, 0.5) is 0 Å². The Bertz CT molecular complexity index is 439. The van der Waals surface area contributed by atoms with E-state index >= 15 is 0 Å². The van der Waals surface area contributed by atoms with Gasteiger partial charge in [0.15, 0.2) is 11.5 Å². The first-order valence-corrected chi connectivity index (χ1v) is 7.31. The Morgan fingerprint density at radius 2 is 2.05 bits per heavy atom. The number of phenolic OH excluding ortho intramolecular Hbond substituents is 1. The molecule has 0 spiro atoms. The first-order valence-electron chi connectivity index (χ1n) is 7.31. The van der Waals surface area contributed by atoms with Crippen LogP contribution >= 0.6 is 0 Å². The number of phenols is 1. The Kier molecular flexibility index (Phi) is 4.89. The molecule has 4 heteroatoms. The van der Waals surface area contributed by atoms with Crippen LogP contribution < -0.4 is 10.1 Å². The van der Waals surface area contributed by atoms with E-state index in [1.807, 2.05) is 12.1 Å². The molecule has 1 fully saturated rings. The van der Waals surface area contributed by atoms with Crippen LogP contribution in [0.25, 0.3) is 0 Å². The predicted molar refractivity (Wildman–Crippen MR) is 78.9 cm³/mol. The highest BCUT2D eigenvalue weighted by atomic mass is 16.5. The summed E-state index contributed by atoms with van der Waals surface area (Å²) >= 11 is 0. The van der Waals surface area contributed by atoms with Gasteiger partial charge in [0.1, 0.15) is 0 Å². The quantitative estimate of drug-likeness (QED) is 0.774. The third-order valence-corrected chi connectivity index (χ3v) is 4.23. The molecule has 1 saturated carbocycles. The molecule has 1 aliphatic carbocycles. The van der Waals surface area contributed by atoms with Gasteiger partial charge in [0, 0.05) is 13.1 Å². The fourth-order valence-electron chi connectivity index (χ4n) is 2.75. The lowest BCUT2D eigenvalue weighted by molar-refractivity contribution is -0.00630. The molecule has 0 radical (unpaired) electrons. The van der Waals surface area contributed by atoms with E-state index < -0.39 is 5.60 Å². The third-order valence-electron chi connectivity index (χ3n) is 4.23. The van der Waals surface area contributed by atoms with Crippen LogP contribution in [0.2, 0.25) is 0 Å². The molecule has 1 aromatic carbocycles. The maximum atomic E-state index is 10.5. The molecule has 0 atom stereocenters. The van der Waals surface area contributed by atoms with Crippen molar-refractivity contribution < 1.29 is 14.9 Å². The molecule has 0 amide bonds. The van der Waals surface area contributed by atoms with Crippen molar-refractivity contribution in [2.24, 2.45) is 5.92 Å². The summed E-state index contributed by atoms with van der Waals surface area (Å²) in [5.74, 6) is 1.36. The molecular weight excluding hydrogens is 254 g/mol. The molecule has 0 bridgehead atoms. The highest BCUT2D eigenvalue weighted by Crippen LogP contribution is 2.31. The lowest BCUT2D eigenvalue weighted by atomic mass is 9.79. The van der Waals surface area contributed by atoms with E-state index in [-0.39, 0.29) is 5.75 Å². The van der Waals surface area contributed by atoms with Gasteiger partial charge in [-0.2, -0.15) is 0 Å². The Labute approximate surface area is 120 Å². The summed E-state index contributed by atoms with van der Waals surface area (Å²) in [6.07, 6.45) is 3.95. The lowest BCUT2D eigenvalue weighted by Crippen LogP contribution is -2.43. The number of nitrogens with one attached hydrogen (secondary N) is 1. The molecule has 0 aliphatic heterocycles. The SMILES string of the molecule is COc1cc(CNCC2(O)CCC(C)CC2)ccc1O. The molecule has 3 N–H and O–H groups in total. The minimum absolute atomic E-state index is 0.149. The maximum absolute atomic E-state index is 10.5. The average molecular weight is 279 g/mol. The highest BCUT2D eigenvalue weighted by Gasteiger charge is 2.31. The van der Waals surface area contributed by atoms with E-state index in [4.69, 9.17) is 4.74 Å². The van der Waals surface area contributed by atoms with Crippen molar-refractivity contribution in [1.82, 2.24) is 5.32 Å². The monoisotopic (exact) mass is 279 g/mol. The lowest BCUT2D eigenvalue weighted by Gasteiger charge is -2.35. The van der Waals surface area contributed by atoms with E-state index in [0.29, 0.717) is 18.8 Å². The van der Waals surface area contributed by atoms with Gasteiger partial charge in [0.25, 0.3) is 0 Å².